The Bertz CT molecular complexity index is 1560. The molecule has 2 aromatic carbocycles. The normalized spacial score (nSPS) is 22.3. The van der Waals surface area contributed by atoms with E-state index in [-0.39, 0.29) is 11.8 Å². The summed E-state index contributed by atoms with van der Waals surface area (Å²) in [6.45, 7) is 3.83. The van der Waals surface area contributed by atoms with Crippen LogP contribution in [0.25, 0.3) is 0 Å². The number of aromatic nitrogens is 4. The number of carbonyl (C=O) groups excluding carboxylic acids is 2. The number of amides is 2. The van der Waals surface area contributed by atoms with E-state index in [0.717, 1.165) is 33.9 Å². The molecular weight excluding hydrogens is 500 g/mol. The lowest BCUT2D eigenvalue weighted by atomic mass is 9.72. The van der Waals surface area contributed by atoms with E-state index in [1.165, 1.54) is 11.3 Å². The number of thiazole rings is 1. The number of hydrogen-bond acceptors (Lipinski definition) is 7. The van der Waals surface area contributed by atoms with E-state index >= 15 is 0 Å². The topological polar surface area (TPSA) is 93.5 Å². The smallest absolute Gasteiger partial charge is 0.273 e. The van der Waals surface area contributed by atoms with Crippen molar-refractivity contribution in [2.75, 3.05) is 18.1 Å². The Hall–Kier alpha value is -4.05. The first-order chi connectivity index (χ1) is 18.5. The second kappa shape index (κ2) is 8.76. The van der Waals surface area contributed by atoms with Crippen molar-refractivity contribution >= 4 is 28.8 Å². The molecule has 2 aromatic heterocycles. The van der Waals surface area contributed by atoms with Crippen LogP contribution >= 0.6 is 11.3 Å². The van der Waals surface area contributed by atoms with Crippen LogP contribution in [0.15, 0.2) is 60.1 Å². The Labute approximate surface area is 223 Å². The van der Waals surface area contributed by atoms with E-state index in [9.17, 15) is 9.59 Å². The van der Waals surface area contributed by atoms with Gasteiger partial charge in [-0.2, -0.15) is 0 Å². The van der Waals surface area contributed by atoms with Gasteiger partial charge in [-0.15, -0.1) is 16.4 Å². The molecule has 192 valence electrons. The first-order valence-corrected chi connectivity index (χ1v) is 13.7. The van der Waals surface area contributed by atoms with Crippen molar-refractivity contribution in [3.05, 3.63) is 87.6 Å². The Morgan fingerprint density at radius 1 is 1.16 bits per heavy atom. The number of nitrogens with zero attached hydrogens (tertiary/aromatic N) is 6. The molecule has 2 atom stereocenters. The molecule has 1 fully saturated rings. The Morgan fingerprint density at radius 2 is 2.05 bits per heavy atom. The standard InChI is InChI=1S/C28H26N6O3S/c1-18-29-23(17-38-18)26(35)33-12-10-28-22-8-2-3-9-24(22)34(27(28)36)16-20-15-32(31-30-20)11-5-13-37-21-7-4-6-19(14-21)25(28)33/h2-4,6-9,14-15,17,25H,5,10-13,16H2,1H3/t25-,28+/m0/s1. The summed E-state index contributed by atoms with van der Waals surface area (Å²) in [7, 11) is 0. The van der Waals surface area contributed by atoms with Gasteiger partial charge in [-0.3, -0.25) is 14.3 Å². The van der Waals surface area contributed by atoms with Gasteiger partial charge in [0.05, 0.1) is 30.4 Å². The average molecular weight is 527 g/mol. The maximum Gasteiger partial charge on any atom is 0.273 e. The molecule has 10 heteroatoms. The average Bonchev–Trinajstić information content (AvgIpc) is 3.71. The van der Waals surface area contributed by atoms with Gasteiger partial charge >= 0.3 is 0 Å². The number of carbonyl (C=O) groups is 2. The largest absolute Gasteiger partial charge is 0.494 e. The molecule has 0 unspecified atom stereocenters. The van der Waals surface area contributed by atoms with E-state index < -0.39 is 11.5 Å². The molecule has 0 saturated carbocycles. The Morgan fingerprint density at radius 3 is 2.92 bits per heavy atom. The van der Waals surface area contributed by atoms with Gasteiger partial charge in [-0.25, -0.2) is 4.98 Å². The number of hydrogen-bond donors (Lipinski definition) is 0. The number of ether oxygens (including phenoxy) is 1. The van der Waals surface area contributed by atoms with Crippen LogP contribution in [-0.2, 0) is 23.3 Å². The van der Waals surface area contributed by atoms with Crippen molar-refractivity contribution in [2.24, 2.45) is 0 Å². The van der Waals surface area contributed by atoms with E-state index in [2.05, 4.69) is 15.3 Å². The predicted molar refractivity (Wildman–Crippen MR) is 141 cm³/mol. The van der Waals surface area contributed by atoms with Gasteiger partial charge < -0.3 is 14.5 Å². The summed E-state index contributed by atoms with van der Waals surface area (Å²) >= 11 is 1.45. The van der Waals surface area contributed by atoms with Crippen molar-refractivity contribution in [1.82, 2.24) is 24.9 Å². The highest BCUT2D eigenvalue weighted by Crippen LogP contribution is 2.57. The third-order valence-electron chi connectivity index (χ3n) is 7.81. The summed E-state index contributed by atoms with van der Waals surface area (Å²) in [5.74, 6) is 0.530. The van der Waals surface area contributed by atoms with Gasteiger partial charge in [0, 0.05) is 30.6 Å². The van der Waals surface area contributed by atoms with Crippen LogP contribution in [0.4, 0.5) is 5.69 Å². The molecule has 7 rings (SSSR count). The predicted octanol–water partition coefficient (Wildman–Crippen LogP) is 3.90. The number of benzene rings is 2. The van der Waals surface area contributed by atoms with Crippen molar-refractivity contribution in [2.45, 2.75) is 44.3 Å². The number of anilines is 1. The quantitative estimate of drug-likeness (QED) is 0.374. The third-order valence-corrected chi connectivity index (χ3v) is 8.58. The number of aryl methyl sites for hydroxylation is 2. The highest BCUT2D eigenvalue weighted by Gasteiger charge is 2.61. The van der Waals surface area contributed by atoms with Crippen LogP contribution in [0.1, 0.15) is 51.2 Å². The van der Waals surface area contributed by atoms with Crippen molar-refractivity contribution in [3.63, 3.8) is 0 Å². The maximum absolute atomic E-state index is 14.6. The lowest BCUT2D eigenvalue weighted by Crippen LogP contribution is -2.45. The number of likely N-dealkylation sites (tertiary alicyclic amines) is 1. The summed E-state index contributed by atoms with van der Waals surface area (Å²) in [6, 6.07) is 15.3. The fraction of sp³-hybridized carbons (Fsp3) is 0.321. The summed E-state index contributed by atoms with van der Waals surface area (Å²) in [6.07, 6.45) is 3.17. The van der Waals surface area contributed by atoms with Crippen LogP contribution in [0.3, 0.4) is 0 Å². The Kier molecular flexibility index (Phi) is 5.33. The summed E-state index contributed by atoms with van der Waals surface area (Å²) in [4.78, 5) is 36.6. The molecule has 3 aliphatic rings. The molecule has 5 heterocycles. The zero-order valence-electron chi connectivity index (χ0n) is 20.9. The second-order valence-electron chi connectivity index (χ2n) is 10.0. The van der Waals surface area contributed by atoms with E-state index in [1.54, 1.807) is 10.1 Å². The van der Waals surface area contributed by atoms with Gasteiger partial charge in [0.1, 0.15) is 22.6 Å². The molecular formula is C28H26N6O3S. The van der Waals surface area contributed by atoms with E-state index in [0.29, 0.717) is 44.1 Å². The molecule has 6 bridgehead atoms. The zero-order chi connectivity index (χ0) is 25.9. The fourth-order valence-electron chi connectivity index (χ4n) is 6.21. The van der Waals surface area contributed by atoms with Gasteiger partial charge in [-0.05, 0) is 42.7 Å². The summed E-state index contributed by atoms with van der Waals surface area (Å²) < 4.78 is 7.90. The minimum atomic E-state index is -0.938. The monoisotopic (exact) mass is 526 g/mol. The van der Waals surface area contributed by atoms with E-state index in [1.807, 2.05) is 71.5 Å². The van der Waals surface area contributed by atoms with Crippen LogP contribution in [-0.4, -0.2) is 49.8 Å². The molecule has 9 nitrogen and oxygen atoms in total. The Balaban J connectivity index is 1.42. The second-order valence-corrected chi connectivity index (χ2v) is 11.1. The highest BCUT2D eigenvalue weighted by molar-refractivity contribution is 7.09. The van der Waals surface area contributed by atoms with Gasteiger partial charge in [0.2, 0.25) is 5.91 Å². The minimum absolute atomic E-state index is 0.0239. The molecule has 38 heavy (non-hydrogen) atoms. The van der Waals surface area contributed by atoms with Crippen LogP contribution in [0, 0.1) is 6.92 Å². The fourth-order valence-corrected chi connectivity index (χ4v) is 6.80. The minimum Gasteiger partial charge on any atom is -0.494 e. The van der Waals surface area contributed by atoms with Crippen LogP contribution < -0.4 is 9.64 Å². The van der Waals surface area contributed by atoms with Crippen molar-refractivity contribution < 1.29 is 14.3 Å². The number of rotatable bonds is 1. The van der Waals surface area contributed by atoms with Gasteiger partial charge in [-0.1, -0.05) is 35.5 Å². The SMILES string of the molecule is Cc1nc(C(=O)N2CC[C@]34C(=O)N(Cc5cn(nn5)CCCOc5cccc(c5)[C@H]23)c2ccccc24)cs1. The molecule has 1 saturated heterocycles. The van der Waals surface area contributed by atoms with Gasteiger partial charge in [0.25, 0.3) is 5.91 Å². The number of para-hydroxylation sites is 1. The zero-order valence-corrected chi connectivity index (χ0v) is 21.7. The first kappa shape index (κ1) is 23.1. The lowest BCUT2D eigenvalue weighted by Gasteiger charge is -2.35. The molecule has 2 amide bonds. The molecule has 0 aliphatic carbocycles. The maximum atomic E-state index is 14.6. The van der Waals surface area contributed by atoms with Crippen LogP contribution in [0.5, 0.6) is 5.75 Å². The lowest BCUT2D eigenvalue weighted by molar-refractivity contribution is -0.124. The van der Waals surface area contributed by atoms with E-state index in [4.69, 9.17) is 4.74 Å². The molecule has 0 N–H and O–H groups in total. The molecule has 1 spiro atoms. The molecule has 3 aliphatic heterocycles. The summed E-state index contributed by atoms with van der Waals surface area (Å²) in [5, 5.41) is 11.2. The molecule has 4 aromatic rings. The summed E-state index contributed by atoms with van der Waals surface area (Å²) in [5.41, 5.74) is 2.87. The number of fused-ring (bicyclic) bond motifs is 8. The third kappa shape index (κ3) is 3.47. The van der Waals surface area contributed by atoms with Crippen molar-refractivity contribution in [3.8, 4) is 5.75 Å². The molecule has 0 radical (unpaired) electrons. The van der Waals surface area contributed by atoms with Crippen molar-refractivity contribution in [1.29, 1.82) is 0 Å². The van der Waals surface area contributed by atoms with Crippen LogP contribution in [0.2, 0.25) is 0 Å². The first-order valence-electron chi connectivity index (χ1n) is 12.8. The highest BCUT2D eigenvalue weighted by atomic mass is 32.1. The van der Waals surface area contributed by atoms with Gasteiger partial charge in [0.15, 0.2) is 0 Å².